The smallest absolute Gasteiger partial charge is 0.273 e. The van der Waals surface area contributed by atoms with E-state index >= 15 is 0 Å². The van der Waals surface area contributed by atoms with Crippen molar-refractivity contribution in [3.8, 4) is 5.75 Å². The minimum atomic E-state index is -0.251. The molecule has 7 nitrogen and oxygen atoms in total. The molecular weight excluding hydrogens is 270 g/mol. The average Bonchev–Trinajstić information content (AvgIpc) is 3.01. The van der Waals surface area contributed by atoms with Crippen LogP contribution in [-0.2, 0) is 0 Å². The predicted octanol–water partition coefficient (Wildman–Crippen LogP) is 0.846. The molecule has 112 valence electrons. The van der Waals surface area contributed by atoms with Crippen LogP contribution in [0.2, 0.25) is 0 Å². The lowest BCUT2D eigenvalue weighted by atomic mass is 10.1. The summed E-state index contributed by atoms with van der Waals surface area (Å²) in [6.45, 7) is 0.464. The molecule has 1 heterocycles. The number of carbonyl (C=O) groups is 1. The van der Waals surface area contributed by atoms with E-state index in [1.807, 2.05) is 43.3 Å². The molecule has 1 aromatic carbocycles. The lowest BCUT2D eigenvalue weighted by Crippen LogP contribution is -2.34. The summed E-state index contributed by atoms with van der Waals surface area (Å²) in [5.74, 6) is 0.542. The van der Waals surface area contributed by atoms with E-state index in [1.54, 1.807) is 7.11 Å². The third kappa shape index (κ3) is 3.79. The number of methoxy groups -OCH3 is 1. The van der Waals surface area contributed by atoms with Crippen LogP contribution in [0.4, 0.5) is 0 Å². The second kappa shape index (κ2) is 6.85. The number of amides is 1. The van der Waals surface area contributed by atoms with E-state index in [9.17, 15) is 4.79 Å². The lowest BCUT2D eigenvalue weighted by molar-refractivity contribution is 0.0937. The first-order chi connectivity index (χ1) is 10.1. The first-order valence-electron chi connectivity index (χ1n) is 6.56. The van der Waals surface area contributed by atoms with Gasteiger partial charge >= 0.3 is 0 Å². The Balaban J connectivity index is 2.07. The summed E-state index contributed by atoms with van der Waals surface area (Å²) >= 11 is 0. The molecular formula is C14H19N5O2. The van der Waals surface area contributed by atoms with Crippen molar-refractivity contribution in [1.82, 2.24) is 25.6 Å². The molecule has 7 heteroatoms. The van der Waals surface area contributed by atoms with Crippen molar-refractivity contribution >= 4 is 5.91 Å². The van der Waals surface area contributed by atoms with Crippen LogP contribution in [0.25, 0.3) is 0 Å². The summed E-state index contributed by atoms with van der Waals surface area (Å²) in [5.41, 5.74) is 1.35. The molecule has 0 saturated carbocycles. The number of aromatic amines is 1. The minimum absolute atomic E-state index is 0.0379. The highest BCUT2D eigenvalue weighted by atomic mass is 16.5. The van der Waals surface area contributed by atoms with Crippen molar-refractivity contribution in [3.63, 3.8) is 0 Å². The molecule has 0 radical (unpaired) electrons. The van der Waals surface area contributed by atoms with E-state index in [-0.39, 0.29) is 17.6 Å². The van der Waals surface area contributed by atoms with Crippen molar-refractivity contribution in [3.05, 3.63) is 41.7 Å². The third-order valence-corrected chi connectivity index (χ3v) is 3.21. The van der Waals surface area contributed by atoms with Crippen molar-refractivity contribution in [2.45, 2.75) is 6.04 Å². The van der Waals surface area contributed by atoms with Gasteiger partial charge in [-0.25, -0.2) is 0 Å². The molecule has 2 aromatic rings. The molecule has 0 aliphatic carbocycles. The fourth-order valence-electron chi connectivity index (χ4n) is 2.04. The Morgan fingerprint density at radius 1 is 1.48 bits per heavy atom. The quantitative estimate of drug-likeness (QED) is 0.823. The molecule has 0 aliphatic heterocycles. The highest BCUT2D eigenvalue weighted by Crippen LogP contribution is 2.22. The largest absolute Gasteiger partial charge is 0.497 e. The van der Waals surface area contributed by atoms with E-state index in [0.29, 0.717) is 6.54 Å². The predicted molar refractivity (Wildman–Crippen MR) is 78.1 cm³/mol. The Bertz CT molecular complexity index is 583. The standard InChI is InChI=1S/C14H19N5O2/c1-19(2)13(10-5-4-6-11(7-10)21-3)9-15-14(20)12-8-16-18-17-12/h4-8,13H,9H2,1-3H3,(H,15,20)(H,16,17,18). The molecule has 1 atom stereocenters. The summed E-state index contributed by atoms with van der Waals surface area (Å²) in [6.07, 6.45) is 1.39. The number of hydrogen-bond acceptors (Lipinski definition) is 5. The van der Waals surface area contributed by atoms with Gasteiger partial charge in [0.1, 0.15) is 5.75 Å². The van der Waals surface area contributed by atoms with Crippen molar-refractivity contribution < 1.29 is 9.53 Å². The maximum absolute atomic E-state index is 11.9. The van der Waals surface area contributed by atoms with Gasteiger partial charge in [-0.1, -0.05) is 12.1 Å². The number of rotatable bonds is 6. The molecule has 0 saturated heterocycles. The van der Waals surface area contributed by atoms with Crippen LogP contribution in [0, 0.1) is 0 Å². The van der Waals surface area contributed by atoms with Gasteiger partial charge in [0, 0.05) is 6.54 Å². The van der Waals surface area contributed by atoms with E-state index in [2.05, 4.69) is 20.7 Å². The highest BCUT2D eigenvalue weighted by molar-refractivity contribution is 5.91. The summed E-state index contributed by atoms with van der Waals surface area (Å²) < 4.78 is 5.24. The van der Waals surface area contributed by atoms with Gasteiger partial charge in [-0.3, -0.25) is 4.79 Å². The molecule has 2 N–H and O–H groups in total. The zero-order valence-corrected chi connectivity index (χ0v) is 12.3. The SMILES string of the molecule is COc1cccc(C(CNC(=O)c2cn[nH]n2)N(C)C)c1. The van der Waals surface area contributed by atoms with Gasteiger partial charge in [0.15, 0.2) is 5.69 Å². The van der Waals surface area contributed by atoms with Crippen LogP contribution in [0.5, 0.6) is 5.75 Å². The van der Waals surface area contributed by atoms with E-state index in [1.165, 1.54) is 6.20 Å². The highest BCUT2D eigenvalue weighted by Gasteiger charge is 2.17. The monoisotopic (exact) mass is 289 g/mol. The number of H-pyrrole nitrogens is 1. The first kappa shape index (κ1) is 15.0. The molecule has 0 fully saturated rings. The molecule has 1 amide bonds. The van der Waals surface area contributed by atoms with E-state index < -0.39 is 0 Å². The van der Waals surface area contributed by atoms with Crippen LogP contribution in [0.15, 0.2) is 30.5 Å². The number of carbonyl (C=O) groups excluding carboxylic acids is 1. The second-order valence-corrected chi connectivity index (χ2v) is 4.82. The number of benzene rings is 1. The Kier molecular flexibility index (Phi) is 4.89. The normalized spacial score (nSPS) is 12.2. The van der Waals surface area contributed by atoms with Gasteiger partial charge in [-0.15, -0.1) is 0 Å². The molecule has 21 heavy (non-hydrogen) atoms. The Morgan fingerprint density at radius 3 is 2.90 bits per heavy atom. The topological polar surface area (TPSA) is 83.1 Å². The molecule has 0 bridgehead atoms. The van der Waals surface area contributed by atoms with Crippen LogP contribution in [0.1, 0.15) is 22.1 Å². The maximum atomic E-state index is 11.9. The first-order valence-corrected chi connectivity index (χ1v) is 6.56. The number of hydrogen-bond donors (Lipinski definition) is 2. The van der Waals surface area contributed by atoms with Crippen LogP contribution < -0.4 is 10.1 Å². The summed E-state index contributed by atoms with van der Waals surface area (Å²) in [5, 5.41) is 12.7. The van der Waals surface area contributed by atoms with Gasteiger partial charge in [-0.2, -0.15) is 15.4 Å². The van der Waals surface area contributed by atoms with Gasteiger partial charge in [0.25, 0.3) is 5.91 Å². The second-order valence-electron chi connectivity index (χ2n) is 4.82. The van der Waals surface area contributed by atoms with Crippen LogP contribution >= 0.6 is 0 Å². The van der Waals surface area contributed by atoms with E-state index in [4.69, 9.17) is 4.74 Å². The molecule has 0 spiro atoms. The summed E-state index contributed by atoms with van der Waals surface area (Å²) in [6, 6.07) is 7.84. The van der Waals surface area contributed by atoms with Crippen LogP contribution in [0.3, 0.4) is 0 Å². The van der Waals surface area contributed by atoms with Crippen molar-refractivity contribution in [2.75, 3.05) is 27.7 Å². The lowest BCUT2D eigenvalue weighted by Gasteiger charge is -2.25. The number of likely N-dealkylation sites (N-methyl/N-ethyl adjacent to an activating group) is 1. The summed E-state index contributed by atoms with van der Waals surface area (Å²) in [7, 11) is 5.56. The fraction of sp³-hybridized carbons (Fsp3) is 0.357. The molecule has 0 aliphatic rings. The van der Waals surface area contributed by atoms with Gasteiger partial charge in [-0.05, 0) is 31.8 Å². The minimum Gasteiger partial charge on any atom is -0.497 e. The number of aromatic nitrogens is 3. The van der Waals surface area contributed by atoms with Gasteiger partial charge in [0.05, 0.1) is 19.3 Å². The third-order valence-electron chi connectivity index (χ3n) is 3.21. The molecule has 1 unspecified atom stereocenters. The number of ether oxygens (including phenoxy) is 1. The van der Waals surface area contributed by atoms with Crippen molar-refractivity contribution in [2.24, 2.45) is 0 Å². The molecule has 2 rings (SSSR count). The number of nitrogens with zero attached hydrogens (tertiary/aromatic N) is 3. The van der Waals surface area contributed by atoms with Crippen molar-refractivity contribution in [1.29, 1.82) is 0 Å². The maximum Gasteiger partial charge on any atom is 0.273 e. The Hall–Kier alpha value is -2.41. The Labute approximate surface area is 123 Å². The zero-order chi connectivity index (χ0) is 15.2. The van der Waals surface area contributed by atoms with Gasteiger partial charge in [0.2, 0.25) is 0 Å². The van der Waals surface area contributed by atoms with Gasteiger partial charge < -0.3 is 15.0 Å². The average molecular weight is 289 g/mol. The van der Waals surface area contributed by atoms with Crippen LogP contribution in [-0.4, -0.2) is 54.0 Å². The number of nitrogens with one attached hydrogen (secondary N) is 2. The Morgan fingerprint density at radius 2 is 2.29 bits per heavy atom. The fourth-order valence-corrected chi connectivity index (χ4v) is 2.04. The summed E-state index contributed by atoms with van der Waals surface area (Å²) in [4.78, 5) is 13.9. The van der Waals surface area contributed by atoms with E-state index in [0.717, 1.165) is 11.3 Å². The molecule has 1 aromatic heterocycles. The zero-order valence-electron chi connectivity index (χ0n) is 12.3.